The van der Waals surface area contributed by atoms with E-state index in [0.29, 0.717) is 19.3 Å². The summed E-state index contributed by atoms with van der Waals surface area (Å²) in [5, 5.41) is 9.48. The van der Waals surface area contributed by atoms with Gasteiger partial charge in [0.2, 0.25) is 0 Å². The first-order chi connectivity index (χ1) is 9.70. The molecular weight excluding hydrogens is 258 g/mol. The maximum absolute atomic E-state index is 11.5. The normalized spacial score (nSPS) is 32.3. The van der Waals surface area contributed by atoms with Gasteiger partial charge in [0, 0.05) is 18.9 Å². The molecule has 1 spiro atoms. The predicted octanol–water partition coefficient (Wildman–Crippen LogP) is 2.00. The molecule has 20 heavy (non-hydrogen) atoms. The van der Waals surface area contributed by atoms with Crippen LogP contribution in [0.3, 0.4) is 0 Å². The summed E-state index contributed by atoms with van der Waals surface area (Å²) in [4.78, 5) is 13.8. The van der Waals surface area contributed by atoms with Crippen molar-refractivity contribution in [3.8, 4) is 0 Å². The molecule has 0 bridgehead atoms. The topological polar surface area (TPSA) is 59.0 Å². The lowest BCUT2D eigenvalue weighted by atomic mass is 9.88. The number of hydrogen-bond donors (Lipinski definition) is 1. The molecule has 5 heteroatoms. The largest absolute Gasteiger partial charge is 0.480 e. The lowest BCUT2D eigenvalue weighted by Gasteiger charge is -2.42. The monoisotopic (exact) mass is 283 g/mol. The summed E-state index contributed by atoms with van der Waals surface area (Å²) in [6, 6.07) is 0.0922. The lowest BCUT2D eigenvalue weighted by molar-refractivity contribution is -0.185. The van der Waals surface area contributed by atoms with Crippen LogP contribution < -0.4 is 0 Å². The van der Waals surface area contributed by atoms with E-state index in [4.69, 9.17) is 9.47 Å². The average molecular weight is 283 g/mol. The van der Waals surface area contributed by atoms with Crippen molar-refractivity contribution in [2.75, 3.05) is 19.8 Å². The second-order valence-corrected chi connectivity index (χ2v) is 6.28. The van der Waals surface area contributed by atoms with Crippen LogP contribution in [0.25, 0.3) is 0 Å². The Hall–Kier alpha value is -0.650. The summed E-state index contributed by atoms with van der Waals surface area (Å²) in [5.74, 6) is -0.998. The standard InChI is InChI=1S/C15H25NO4/c17-14(18)13-4-2-1-3-9-16(13)12-5-7-15(8-6-12)19-10-11-20-15/h12-13H,1-11H2,(H,17,18). The molecule has 0 radical (unpaired) electrons. The van der Waals surface area contributed by atoms with E-state index in [9.17, 15) is 9.90 Å². The van der Waals surface area contributed by atoms with E-state index in [2.05, 4.69) is 4.90 Å². The number of hydrogen-bond acceptors (Lipinski definition) is 4. The zero-order valence-corrected chi connectivity index (χ0v) is 12.1. The van der Waals surface area contributed by atoms with E-state index < -0.39 is 5.97 Å². The van der Waals surface area contributed by atoms with E-state index in [-0.39, 0.29) is 11.8 Å². The Morgan fingerprint density at radius 2 is 1.75 bits per heavy atom. The number of aliphatic carboxylic acids is 1. The van der Waals surface area contributed by atoms with Crippen molar-refractivity contribution in [1.29, 1.82) is 0 Å². The third-order valence-electron chi connectivity index (χ3n) is 5.08. The first kappa shape index (κ1) is 14.3. The van der Waals surface area contributed by atoms with Crippen LogP contribution in [0.2, 0.25) is 0 Å². The molecule has 1 unspecified atom stereocenters. The predicted molar refractivity (Wildman–Crippen MR) is 73.5 cm³/mol. The highest BCUT2D eigenvalue weighted by Crippen LogP contribution is 2.38. The van der Waals surface area contributed by atoms with Crippen LogP contribution in [0.1, 0.15) is 51.4 Å². The molecule has 3 rings (SSSR count). The fraction of sp³-hybridized carbons (Fsp3) is 0.933. The van der Waals surface area contributed by atoms with E-state index in [1.54, 1.807) is 0 Å². The van der Waals surface area contributed by atoms with Crippen LogP contribution in [-0.2, 0) is 14.3 Å². The first-order valence-electron chi connectivity index (χ1n) is 7.97. The van der Waals surface area contributed by atoms with Crippen molar-refractivity contribution < 1.29 is 19.4 Å². The average Bonchev–Trinajstić information content (AvgIpc) is 2.75. The van der Waals surface area contributed by atoms with Gasteiger partial charge in [-0.2, -0.15) is 0 Å². The van der Waals surface area contributed by atoms with Crippen molar-refractivity contribution >= 4 is 5.97 Å². The molecule has 1 aliphatic carbocycles. The van der Waals surface area contributed by atoms with Crippen LogP contribution in [0.4, 0.5) is 0 Å². The minimum Gasteiger partial charge on any atom is -0.480 e. The smallest absolute Gasteiger partial charge is 0.320 e. The summed E-state index contributed by atoms with van der Waals surface area (Å²) in [6.07, 6.45) is 7.90. The SMILES string of the molecule is O=C(O)C1CCCCCN1C1CCC2(CC1)OCCO2. The molecule has 2 heterocycles. The van der Waals surface area contributed by atoms with Gasteiger partial charge in [0.15, 0.2) is 5.79 Å². The second-order valence-electron chi connectivity index (χ2n) is 6.28. The van der Waals surface area contributed by atoms with E-state index in [1.165, 1.54) is 0 Å². The van der Waals surface area contributed by atoms with Gasteiger partial charge in [-0.15, -0.1) is 0 Å². The third kappa shape index (κ3) is 2.85. The van der Waals surface area contributed by atoms with Gasteiger partial charge in [0.05, 0.1) is 13.2 Å². The van der Waals surface area contributed by atoms with E-state index >= 15 is 0 Å². The number of ether oxygens (including phenoxy) is 2. The van der Waals surface area contributed by atoms with Crippen molar-refractivity contribution in [2.24, 2.45) is 0 Å². The van der Waals surface area contributed by atoms with Crippen molar-refractivity contribution in [2.45, 2.75) is 69.2 Å². The van der Waals surface area contributed by atoms with Crippen LogP contribution in [0.15, 0.2) is 0 Å². The summed E-state index contributed by atoms with van der Waals surface area (Å²) < 4.78 is 11.5. The number of rotatable bonds is 2. The highest BCUT2D eigenvalue weighted by molar-refractivity contribution is 5.73. The van der Waals surface area contributed by atoms with Gasteiger partial charge >= 0.3 is 5.97 Å². The van der Waals surface area contributed by atoms with Gasteiger partial charge in [0.1, 0.15) is 6.04 Å². The first-order valence-corrected chi connectivity index (χ1v) is 7.97. The minimum atomic E-state index is -0.652. The fourth-order valence-corrected chi connectivity index (χ4v) is 3.99. The molecule has 1 saturated carbocycles. The quantitative estimate of drug-likeness (QED) is 0.840. The Labute approximate surface area is 120 Å². The third-order valence-corrected chi connectivity index (χ3v) is 5.08. The molecule has 1 N–H and O–H groups in total. The molecular formula is C15H25NO4. The molecule has 114 valence electrons. The second kappa shape index (κ2) is 6.00. The fourth-order valence-electron chi connectivity index (χ4n) is 3.99. The Morgan fingerprint density at radius 3 is 2.40 bits per heavy atom. The number of likely N-dealkylation sites (tertiary alicyclic amines) is 1. The van der Waals surface area contributed by atoms with Crippen LogP contribution in [-0.4, -0.2) is 53.6 Å². The van der Waals surface area contributed by atoms with E-state index in [0.717, 1.165) is 57.9 Å². The Morgan fingerprint density at radius 1 is 1.05 bits per heavy atom. The molecule has 2 saturated heterocycles. The van der Waals surface area contributed by atoms with Crippen LogP contribution in [0.5, 0.6) is 0 Å². The van der Waals surface area contributed by atoms with Crippen molar-refractivity contribution in [3.63, 3.8) is 0 Å². The molecule has 3 fully saturated rings. The van der Waals surface area contributed by atoms with E-state index in [1.807, 2.05) is 0 Å². The highest BCUT2D eigenvalue weighted by Gasteiger charge is 2.43. The Kier molecular flexibility index (Phi) is 4.29. The molecule has 0 aromatic heterocycles. The molecule has 1 atom stereocenters. The Bertz CT molecular complexity index is 344. The summed E-state index contributed by atoms with van der Waals surface area (Å²) in [6.45, 7) is 2.33. The van der Waals surface area contributed by atoms with Gasteiger partial charge in [-0.05, 0) is 32.2 Å². The number of carboxylic acid groups (broad SMARTS) is 1. The molecule has 0 amide bonds. The zero-order valence-electron chi connectivity index (χ0n) is 12.1. The van der Waals surface area contributed by atoms with Crippen molar-refractivity contribution in [1.82, 2.24) is 4.90 Å². The molecule has 2 aliphatic heterocycles. The molecule has 0 aromatic rings. The van der Waals surface area contributed by atoms with Gasteiger partial charge in [-0.3, -0.25) is 9.69 Å². The van der Waals surface area contributed by atoms with Gasteiger partial charge in [-0.25, -0.2) is 0 Å². The summed E-state index contributed by atoms with van der Waals surface area (Å²) >= 11 is 0. The molecule has 0 aromatic carbocycles. The molecule has 5 nitrogen and oxygen atoms in total. The summed E-state index contributed by atoms with van der Waals surface area (Å²) in [7, 11) is 0. The van der Waals surface area contributed by atoms with Crippen molar-refractivity contribution in [3.05, 3.63) is 0 Å². The van der Waals surface area contributed by atoms with Gasteiger partial charge in [0.25, 0.3) is 0 Å². The minimum absolute atomic E-state index is 0.290. The summed E-state index contributed by atoms with van der Waals surface area (Å²) in [5.41, 5.74) is 0. The van der Waals surface area contributed by atoms with Gasteiger partial charge in [-0.1, -0.05) is 12.8 Å². The highest BCUT2D eigenvalue weighted by atomic mass is 16.7. The molecule has 3 aliphatic rings. The number of nitrogens with zero attached hydrogens (tertiary/aromatic N) is 1. The lowest BCUT2D eigenvalue weighted by Crippen LogP contribution is -2.50. The maximum Gasteiger partial charge on any atom is 0.320 e. The van der Waals surface area contributed by atoms with Crippen LogP contribution >= 0.6 is 0 Å². The maximum atomic E-state index is 11.5. The Balaban J connectivity index is 1.64. The van der Waals surface area contributed by atoms with Crippen LogP contribution in [0, 0.1) is 0 Å². The number of carboxylic acids is 1. The zero-order chi connectivity index (χ0) is 14.0. The van der Waals surface area contributed by atoms with Gasteiger partial charge < -0.3 is 14.6 Å². The number of carbonyl (C=O) groups is 1.